The summed E-state index contributed by atoms with van der Waals surface area (Å²) in [6.45, 7) is 6.69. The first kappa shape index (κ1) is 21.4. The van der Waals surface area contributed by atoms with E-state index < -0.39 is 21.4 Å². The van der Waals surface area contributed by atoms with Crippen LogP contribution in [0.5, 0.6) is 5.75 Å². The van der Waals surface area contributed by atoms with Gasteiger partial charge in [0.1, 0.15) is 16.5 Å². The lowest BCUT2D eigenvalue weighted by Gasteiger charge is -2.27. The number of aryl methyl sites for hydroxylation is 1. The van der Waals surface area contributed by atoms with Crippen molar-refractivity contribution in [2.75, 3.05) is 10.6 Å². The molecule has 1 atom stereocenters. The predicted octanol–water partition coefficient (Wildman–Crippen LogP) is 2.22. The van der Waals surface area contributed by atoms with Crippen molar-refractivity contribution >= 4 is 43.4 Å². The lowest BCUT2D eigenvalue weighted by atomic mass is 10.0. The zero-order valence-corrected chi connectivity index (χ0v) is 17.7. The van der Waals surface area contributed by atoms with Gasteiger partial charge in [-0.15, -0.1) is 0 Å². The number of sulfonamides is 1. The number of hydrogen-bond acceptors (Lipinski definition) is 8. The van der Waals surface area contributed by atoms with E-state index in [-0.39, 0.29) is 22.4 Å². The monoisotopic (exact) mass is 459 g/mol. The summed E-state index contributed by atoms with van der Waals surface area (Å²) in [6, 6.07) is 2.44. The van der Waals surface area contributed by atoms with Crippen LogP contribution >= 0.6 is 15.9 Å². The number of rotatable bonds is 6. The van der Waals surface area contributed by atoms with E-state index in [4.69, 9.17) is 5.14 Å². The van der Waals surface area contributed by atoms with Gasteiger partial charge in [0.15, 0.2) is 0 Å². The van der Waals surface area contributed by atoms with Crippen molar-refractivity contribution < 1.29 is 18.6 Å². The Morgan fingerprint density at radius 1 is 1.33 bits per heavy atom. The summed E-state index contributed by atoms with van der Waals surface area (Å²) < 4.78 is 23.7. The number of phenols is 1. The van der Waals surface area contributed by atoms with Gasteiger partial charge in [0, 0.05) is 18.0 Å². The second-order valence-corrected chi connectivity index (χ2v) is 9.07. The number of nitrogens with zero attached hydrogens (tertiary/aromatic N) is 2. The maximum atomic E-state index is 11.5. The van der Waals surface area contributed by atoms with Crippen LogP contribution in [0.25, 0.3) is 0 Å². The molecule has 1 heterocycles. The van der Waals surface area contributed by atoms with Crippen molar-refractivity contribution in [3.63, 3.8) is 0 Å². The molecule has 2 aromatic rings. The fraction of sp³-hybridized carbons (Fsp3) is 0.375. The molecule has 0 fully saturated rings. The van der Waals surface area contributed by atoms with Crippen molar-refractivity contribution in [1.82, 2.24) is 9.97 Å². The van der Waals surface area contributed by atoms with Gasteiger partial charge in [-0.2, -0.15) is 4.98 Å². The first-order valence-electron chi connectivity index (χ1n) is 7.94. The number of primary sulfonamides is 1. The molecular weight excluding hydrogens is 438 g/mol. The van der Waals surface area contributed by atoms with Crippen LogP contribution in [-0.2, 0) is 10.0 Å². The largest absolute Gasteiger partial charge is 0.506 e. The highest BCUT2D eigenvalue weighted by Crippen LogP contribution is 2.31. The third-order valence-corrected chi connectivity index (χ3v) is 5.63. The first-order valence-corrected chi connectivity index (χ1v) is 10.3. The van der Waals surface area contributed by atoms with Gasteiger partial charge >= 0.3 is 0 Å². The Balaban J connectivity index is 2.32. The van der Waals surface area contributed by atoms with Crippen molar-refractivity contribution in [1.29, 1.82) is 0 Å². The minimum atomic E-state index is -4.04. The standard InChI is InChI=1S/C16H22BrN5O4S/c1-8-5-10(6-12(23)13(8)27(18,25)26)21-15-19-7-11(17)14(22-15)20-9(2)16(3,4)24/h5-7,9,23-24H,1-4H3,(H2,18,25,26)(H2,19,20,21,22)/t9-/m1/s1. The third-order valence-electron chi connectivity index (χ3n) is 3.95. The van der Waals surface area contributed by atoms with Gasteiger partial charge in [-0.1, -0.05) is 0 Å². The fourth-order valence-corrected chi connectivity index (χ4v) is 3.40. The summed E-state index contributed by atoms with van der Waals surface area (Å²) in [4.78, 5) is 8.15. The number of phenolic OH excluding ortho intramolecular Hbond substituents is 1. The molecule has 0 spiro atoms. The zero-order valence-electron chi connectivity index (χ0n) is 15.3. The van der Waals surface area contributed by atoms with E-state index in [0.717, 1.165) is 0 Å². The minimum Gasteiger partial charge on any atom is -0.506 e. The maximum absolute atomic E-state index is 11.5. The molecule has 0 aliphatic heterocycles. The normalized spacial score (nSPS) is 13.3. The molecule has 148 valence electrons. The molecule has 1 aromatic carbocycles. The van der Waals surface area contributed by atoms with Gasteiger partial charge in [0.05, 0.1) is 16.1 Å². The minimum absolute atomic E-state index is 0.214. The van der Waals surface area contributed by atoms with Gasteiger partial charge in [-0.25, -0.2) is 18.5 Å². The number of benzene rings is 1. The van der Waals surface area contributed by atoms with Crippen LogP contribution in [0, 0.1) is 6.92 Å². The number of hydrogen-bond donors (Lipinski definition) is 5. The molecule has 9 nitrogen and oxygen atoms in total. The van der Waals surface area contributed by atoms with Gasteiger partial charge in [-0.3, -0.25) is 0 Å². The van der Waals surface area contributed by atoms with Gasteiger partial charge < -0.3 is 20.8 Å². The Morgan fingerprint density at radius 2 is 1.96 bits per heavy atom. The quantitative estimate of drug-likeness (QED) is 0.440. The van der Waals surface area contributed by atoms with Crippen molar-refractivity contribution in [2.45, 2.75) is 44.2 Å². The van der Waals surface area contributed by atoms with Crippen LogP contribution in [-0.4, -0.2) is 40.2 Å². The summed E-state index contributed by atoms with van der Waals surface area (Å²) in [5.41, 5.74) is -0.294. The predicted molar refractivity (Wildman–Crippen MR) is 107 cm³/mol. The van der Waals surface area contributed by atoms with E-state index in [9.17, 15) is 18.6 Å². The Labute approximate surface area is 166 Å². The maximum Gasteiger partial charge on any atom is 0.241 e. The molecule has 0 bridgehead atoms. The SMILES string of the molecule is Cc1cc(Nc2ncc(Br)c(N[C@H](C)C(C)(C)O)n2)cc(O)c1S(N)(=O)=O. The summed E-state index contributed by atoms with van der Waals surface area (Å²) >= 11 is 3.35. The van der Waals surface area contributed by atoms with Crippen molar-refractivity contribution in [3.8, 4) is 5.75 Å². The van der Waals surface area contributed by atoms with Crippen LogP contribution < -0.4 is 15.8 Å². The highest BCUT2D eigenvalue weighted by molar-refractivity contribution is 9.10. The second kappa shape index (κ2) is 7.58. The Kier molecular flexibility index (Phi) is 6.00. The van der Waals surface area contributed by atoms with Crippen LogP contribution in [0.15, 0.2) is 27.7 Å². The molecule has 0 radical (unpaired) electrons. The molecule has 6 N–H and O–H groups in total. The molecule has 0 unspecified atom stereocenters. The molecular formula is C16H22BrN5O4S. The van der Waals surface area contributed by atoms with E-state index >= 15 is 0 Å². The Bertz CT molecular complexity index is 937. The molecule has 27 heavy (non-hydrogen) atoms. The third kappa shape index (κ3) is 5.28. The van der Waals surface area contributed by atoms with Gasteiger partial charge in [0.25, 0.3) is 0 Å². The van der Waals surface area contributed by atoms with Crippen LogP contribution in [0.2, 0.25) is 0 Å². The average molecular weight is 460 g/mol. The lowest BCUT2D eigenvalue weighted by molar-refractivity contribution is 0.0647. The number of aromatic nitrogens is 2. The van der Waals surface area contributed by atoms with E-state index in [1.807, 2.05) is 6.92 Å². The molecule has 0 saturated carbocycles. The Morgan fingerprint density at radius 3 is 2.48 bits per heavy atom. The van der Waals surface area contributed by atoms with Gasteiger partial charge in [0.2, 0.25) is 16.0 Å². The van der Waals surface area contributed by atoms with Crippen molar-refractivity contribution in [3.05, 3.63) is 28.4 Å². The second-order valence-electron chi connectivity index (χ2n) is 6.72. The Hall–Kier alpha value is -1.95. The first-order chi connectivity index (χ1) is 12.3. The molecule has 0 saturated heterocycles. The number of nitrogens with one attached hydrogen (secondary N) is 2. The number of halogens is 1. The molecule has 0 amide bonds. The van der Waals surface area contributed by atoms with Crippen molar-refractivity contribution in [2.24, 2.45) is 5.14 Å². The lowest BCUT2D eigenvalue weighted by Crippen LogP contribution is -2.39. The van der Waals surface area contributed by atoms with E-state index in [2.05, 4.69) is 36.5 Å². The number of anilines is 3. The molecule has 0 aliphatic rings. The molecule has 0 aliphatic carbocycles. The number of nitrogens with two attached hydrogens (primary N) is 1. The van der Waals surface area contributed by atoms with Crippen LogP contribution in [0.1, 0.15) is 26.3 Å². The van der Waals surface area contributed by atoms with Crippen LogP contribution in [0.3, 0.4) is 0 Å². The number of aliphatic hydroxyl groups is 1. The summed E-state index contributed by atoms with van der Waals surface area (Å²) in [7, 11) is -4.04. The number of aromatic hydroxyl groups is 1. The summed E-state index contributed by atoms with van der Waals surface area (Å²) in [6.07, 6.45) is 1.53. The van der Waals surface area contributed by atoms with Gasteiger partial charge in [-0.05, 0) is 55.3 Å². The molecule has 1 aromatic heterocycles. The van der Waals surface area contributed by atoms with E-state index in [1.165, 1.54) is 25.3 Å². The highest BCUT2D eigenvalue weighted by atomic mass is 79.9. The summed E-state index contributed by atoms with van der Waals surface area (Å²) in [5, 5.41) is 31.2. The topological polar surface area (TPSA) is 150 Å². The zero-order chi connectivity index (χ0) is 20.6. The van der Waals surface area contributed by atoms with Crippen LogP contribution in [0.4, 0.5) is 17.5 Å². The van der Waals surface area contributed by atoms with E-state index in [1.54, 1.807) is 13.8 Å². The summed E-state index contributed by atoms with van der Waals surface area (Å²) in [5.74, 6) is 0.209. The molecule has 2 rings (SSSR count). The molecule has 11 heteroatoms. The van der Waals surface area contributed by atoms with E-state index in [0.29, 0.717) is 16.0 Å². The average Bonchev–Trinajstić information content (AvgIpc) is 2.47. The highest BCUT2D eigenvalue weighted by Gasteiger charge is 2.23. The smallest absolute Gasteiger partial charge is 0.241 e. The fourth-order valence-electron chi connectivity index (χ4n) is 2.24.